The fourth-order valence-electron chi connectivity index (χ4n) is 4.38. The molecule has 2 saturated carbocycles. The summed E-state index contributed by atoms with van der Waals surface area (Å²) in [7, 11) is 0. The van der Waals surface area contributed by atoms with Gasteiger partial charge < -0.3 is 0 Å². The summed E-state index contributed by atoms with van der Waals surface area (Å²) in [5.41, 5.74) is 0.653. The quantitative estimate of drug-likeness (QED) is 0.585. The number of hydrogen-bond donors (Lipinski definition) is 0. The van der Waals surface area contributed by atoms with Gasteiger partial charge in [-0.3, -0.25) is 0 Å². The van der Waals surface area contributed by atoms with Crippen LogP contribution in [0.4, 0.5) is 0 Å². The standard InChI is InChI=1S/C16H30/c1-13-9-7-8-12-16(13,3)14(2)15-10-5-4-6-11-15/h13-15H,4-12H2,1-3H3. The topological polar surface area (TPSA) is 0 Å². The first-order valence-corrected chi connectivity index (χ1v) is 7.64. The zero-order valence-corrected chi connectivity index (χ0v) is 11.6. The average Bonchev–Trinajstić information content (AvgIpc) is 2.33. The molecule has 2 fully saturated rings. The van der Waals surface area contributed by atoms with Crippen molar-refractivity contribution in [3.05, 3.63) is 0 Å². The zero-order chi connectivity index (χ0) is 11.6. The zero-order valence-electron chi connectivity index (χ0n) is 11.6. The molecule has 94 valence electrons. The van der Waals surface area contributed by atoms with Crippen molar-refractivity contribution in [2.24, 2.45) is 23.2 Å². The van der Waals surface area contributed by atoms with Crippen molar-refractivity contribution in [2.75, 3.05) is 0 Å². The number of hydrogen-bond acceptors (Lipinski definition) is 0. The second-order valence-corrected chi connectivity index (χ2v) is 6.84. The van der Waals surface area contributed by atoms with E-state index in [9.17, 15) is 0 Å². The first kappa shape index (κ1) is 12.5. The van der Waals surface area contributed by atoms with E-state index >= 15 is 0 Å². The smallest absolute Gasteiger partial charge is 0.0272 e. The van der Waals surface area contributed by atoms with E-state index < -0.39 is 0 Å². The minimum Gasteiger partial charge on any atom is -0.0620 e. The molecular weight excluding hydrogens is 192 g/mol. The van der Waals surface area contributed by atoms with Gasteiger partial charge in [-0.25, -0.2) is 0 Å². The molecule has 0 aromatic rings. The van der Waals surface area contributed by atoms with Crippen molar-refractivity contribution in [2.45, 2.75) is 78.6 Å². The van der Waals surface area contributed by atoms with Gasteiger partial charge in [-0.2, -0.15) is 0 Å². The van der Waals surface area contributed by atoms with Crippen LogP contribution in [0.25, 0.3) is 0 Å². The molecule has 0 aromatic heterocycles. The van der Waals surface area contributed by atoms with E-state index in [1.54, 1.807) is 0 Å². The van der Waals surface area contributed by atoms with E-state index in [0.717, 1.165) is 17.8 Å². The van der Waals surface area contributed by atoms with E-state index in [-0.39, 0.29) is 0 Å². The third kappa shape index (κ3) is 2.31. The Labute approximate surface area is 102 Å². The van der Waals surface area contributed by atoms with Gasteiger partial charge in [0.05, 0.1) is 0 Å². The third-order valence-corrected chi connectivity index (χ3v) is 6.13. The van der Waals surface area contributed by atoms with Crippen LogP contribution in [-0.2, 0) is 0 Å². The van der Waals surface area contributed by atoms with Crippen LogP contribution < -0.4 is 0 Å². The molecule has 0 radical (unpaired) electrons. The van der Waals surface area contributed by atoms with Crippen LogP contribution in [0.1, 0.15) is 78.6 Å². The highest BCUT2D eigenvalue weighted by Crippen LogP contribution is 2.51. The molecule has 3 unspecified atom stereocenters. The van der Waals surface area contributed by atoms with Gasteiger partial charge in [0, 0.05) is 0 Å². The fourth-order valence-corrected chi connectivity index (χ4v) is 4.38. The van der Waals surface area contributed by atoms with Gasteiger partial charge in [0.15, 0.2) is 0 Å². The lowest BCUT2D eigenvalue weighted by Crippen LogP contribution is -2.39. The molecule has 0 aromatic carbocycles. The Bertz CT molecular complexity index is 214. The van der Waals surface area contributed by atoms with Gasteiger partial charge >= 0.3 is 0 Å². The Hall–Kier alpha value is 0. The van der Waals surface area contributed by atoms with Crippen LogP contribution in [0.2, 0.25) is 0 Å². The summed E-state index contributed by atoms with van der Waals surface area (Å²) < 4.78 is 0. The Kier molecular flexibility index (Phi) is 3.97. The lowest BCUT2D eigenvalue weighted by molar-refractivity contribution is 0.0185. The van der Waals surface area contributed by atoms with E-state index in [1.807, 2.05) is 0 Å². The van der Waals surface area contributed by atoms with E-state index in [4.69, 9.17) is 0 Å². The molecule has 2 rings (SSSR count). The molecule has 0 heteroatoms. The molecule has 0 saturated heterocycles. The van der Waals surface area contributed by atoms with Gasteiger partial charge in [0.1, 0.15) is 0 Å². The van der Waals surface area contributed by atoms with Crippen LogP contribution in [-0.4, -0.2) is 0 Å². The predicted molar refractivity (Wildman–Crippen MR) is 71.5 cm³/mol. The maximum atomic E-state index is 2.59. The summed E-state index contributed by atoms with van der Waals surface area (Å²) >= 11 is 0. The van der Waals surface area contributed by atoms with Crippen molar-refractivity contribution in [3.8, 4) is 0 Å². The molecule has 0 N–H and O–H groups in total. The molecule has 16 heavy (non-hydrogen) atoms. The van der Waals surface area contributed by atoms with Crippen LogP contribution in [0.3, 0.4) is 0 Å². The SMILES string of the molecule is CC1CCCCC1(C)C(C)C1CCCCC1. The van der Waals surface area contributed by atoms with E-state index in [1.165, 1.54) is 57.8 Å². The highest BCUT2D eigenvalue weighted by Gasteiger charge is 2.41. The third-order valence-electron chi connectivity index (χ3n) is 6.13. The van der Waals surface area contributed by atoms with Crippen molar-refractivity contribution in [1.82, 2.24) is 0 Å². The second-order valence-electron chi connectivity index (χ2n) is 6.84. The molecule has 2 aliphatic carbocycles. The summed E-state index contributed by atoms with van der Waals surface area (Å²) in [5, 5.41) is 0. The molecule has 0 aliphatic heterocycles. The Morgan fingerprint density at radius 1 is 0.938 bits per heavy atom. The second kappa shape index (κ2) is 5.10. The summed E-state index contributed by atoms with van der Waals surface area (Å²) in [6.07, 6.45) is 13.5. The van der Waals surface area contributed by atoms with Crippen molar-refractivity contribution >= 4 is 0 Å². The first-order chi connectivity index (χ1) is 7.64. The number of rotatable bonds is 2. The summed E-state index contributed by atoms with van der Waals surface area (Å²) in [6, 6.07) is 0. The molecular formula is C16H30. The van der Waals surface area contributed by atoms with Crippen molar-refractivity contribution in [1.29, 1.82) is 0 Å². The Morgan fingerprint density at radius 2 is 1.56 bits per heavy atom. The van der Waals surface area contributed by atoms with E-state index in [2.05, 4.69) is 20.8 Å². The Morgan fingerprint density at radius 3 is 2.19 bits per heavy atom. The molecule has 0 spiro atoms. The molecule has 0 nitrogen and oxygen atoms in total. The summed E-state index contributed by atoms with van der Waals surface area (Å²) in [6.45, 7) is 7.67. The van der Waals surface area contributed by atoms with Gasteiger partial charge in [0.2, 0.25) is 0 Å². The van der Waals surface area contributed by atoms with Crippen molar-refractivity contribution in [3.63, 3.8) is 0 Å². The van der Waals surface area contributed by atoms with Crippen LogP contribution >= 0.6 is 0 Å². The lowest BCUT2D eigenvalue weighted by atomic mass is 9.57. The first-order valence-electron chi connectivity index (χ1n) is 7.64. The van der Waals surface area contributed by atoms with Crippen LogP contribution in [0.5, 0.6) is 0 Å². The minimum absolute atomic E-state index is 0.653. The highest BCUT2D eigenvalue weighted by atomic mass is 14.5. The van der Waals surface area contributed by atoms with Gasteiger partial charge in [0.25, 0.3) is 0 Å². The lowest BCUT2D eigenvalue weighted by Gasteiger charge is -2.48. The highest BCUT2D eigenvalue weighted by molar-refractivity contribution is 4.91. The largest absolute Gasteiger partial charge is 0.0620 e. The molecule has 2 aliphatic rings. The van der Waals surface area contributed by atoms with Gasteiger partial charge in [-0.1, -0.05) is 72.1 Å². The molecule has 0 amide bonds. The van der Waals surface area contributed by atoms with Gasteiger partial charge in [-0.15, -0.1) is 0 Å². The summed E-state index contributed by atoms with van der Waals surface area (Å²) in [4.78, 5) is 0. The normalized spacial score (nSPS) is 39.6. The molecule has 0 bridgehead atoms. The maximum absolute atomic E-state index is 2.59. The molecule has 3 atom stereocenters. The van der Waals surface area contributed by atoms with Crippen LogP contribution in [0.15, 0.2) is 0 Å². The maximum Gasteiger partial charge on any atom is -0.0272 e. The van der Waals surface area contributed by atoms with E-state index in [0.29, 0.717) is 5.41 Å². The fraction of sp³-hybridized carbons (Fsp3) is 1.00. The van der Waals surface area contributed by atoms with Crippen molar-refractivity contribution < 1.29 is 0 Å². The predicted octanol–water partition coefficient (Wildman–Crippen LogP) is 5.42. The summed E-state index contributed by atoms with van der Waals surface area (Å²) in [5.74, 6) is 2.96. The average molecular weight is 222 g/mol. The van der Waals surface area contributed by atoms with Crippen LogP contribution in [0, 0.1) is 23.2 Å². The minimum atomic E-state index is 0.653. The Balaban J connectivity index is 2.02. The van der Waals surface area contributed by atoms with Gasteiger partial charge in [-0.05, 0) is 29.6 Å². The molecule has 0 heterocycles. The monoisotopic (exact) mass is 222 g/mol.